The number of hydrogen-bond acceptors (Lipinski definition) is 3. The van der Waals surface area contributed by atoms with Gasteiger partial charge in [0.05, 0.1) is 10.6 Å². The van der Waals surface area contributed by atoms with E-state index in [1.807, 2.05) is 38.1 Å². The van der Waals surface area contributed by atoms with Gasteiger partial charge in [-0.25, -0.2) is 0 Å². The Morgan fingerprint density at radius 3 is 2.76 bits per heavy atom. The molecule has 3 rings (SSSR count). The lowest BCUT2D eigenvalue weighted by molar-refractivity contribution is 0.0677. The van der Waals surface area contributed by atoms with Crippen molar-refractivity contribution >= 4 is 27.5 Å². The first-order valence-corrected chi connectivity index (χ1v) is 9.25. The number of ether oxygens (including phenoxy) is 2. The highest BCUT2D eigenvalue weighted by atomic mass is 79.9. The Hall–Kier alpha value is -1.85. The number of nitrogens with one attached hydrogen (secondary N) is 1. The summed E-state index contributed by atoms with van der Waals surface area (Å²) in [6.07, 6.45) is 2.29. The summed E-state index contributed by atoms with van der Waals surface area (Å²) in [7, 11) is 0. The van der Waals surface area contributed by atoms with Gasteiger partial charge in [-0.1, -0.05) is 6.07 Å². The van der Waals surface area contributed by atoms with Crippen molar-refractivity contribution in [3.05, 3.63) is 57.6 Å². The Kier molecular flexibility index (Phi) is 5.76. The van der Waals surface area contributed by atoms with Gasteiger partial charge < -0.3 is 14.8 Å². The van der Waals surface area contributed by atoms with E-state index in [4.69, 9.17) is 9.47 Å². The van der Waals surface area contributed by atoms with E-state index in [1.165, 1.54) is 5.56 Å². The fourth-order valence-electron chi connectivity index (χ4n) is 2.74. The van der Waals surface area contributed by atoms with Crippen LogP contribution in [0.15, 0.2) is 40.9 Å². The lowest BCUT2D eigenvalue weighted by atomic mass is 10.1. The van der Waals surface area contributed by atoms with Gasteiger partial charge >= 0.3 is 0 Å². The third-order valence-corrected chi connectivity index (χ3v) is 5.03. The van der Waals surface area contributed by atoms with Crippen LogP contribution in [0.5, 0.6) is 5.75 Å². The predicted octanol–water partition coefficient (Wildman–Crippen LogP) is 4.88. The van der Waals surface area contributed by atoms with Gasteiger partial charge in [-0.05, 0) is 84.1 Å². The first-order valence-electron chi connectivity index (χ1n) is 8.45. The topological polar surface area (TPSA) is 47.6 Å². The van der Waals surface area contributed by atoms with Gasteiger partial charge in [0.2, 0.25) is 0 Å². The van der Waals surface area contributed by atoms with E-state index in [2.05, 4.69) is 21.2 Å². The zero-order chi connectivity index (χ0) is 17.8. The Morgan fingerprint density at radius 2 is 2.08 bits per heavy atom. The summed E-state index contributed by atoms with van der Waals surface area (Å²) in [5.74, 6) is 0.577. The normalized spacial score (nSPS) is 16.7. The Morgan fingerprint density at radius 1 is 1.24 bits per heavy atom. The Balaban J connectivity index is 1.64. The van der Waals surface area contributed by atoms with Gasteiger partial charge in [0, 0.05) is 17.9 Å². The second kappa shape index (κ2) is 8.02. The molecule has 132 valence electrons. The van der Waals surface area contributed by atoms with Crippen molar-refractivity contribution in [2.24, 2.45) is 0 Å². The molecule has 5 heteroatoms. The molecule has 0 bridgehead atoms. The van der Waals surface area contributed by atoms with Gasteiger partial charge in [0.15, 0.2) is 0 Å². The SMILES string of the molecule is Cc1ccc(NC(=O)c2ccc(OCC3CCCO3)c(Br)c2)cc1C. The fraction of sp³-hybridized carbons (Fsp3) is 0.350. The van der Waals surface area contributed by atoms with Crippen molar-refractivity contribution in [3.63, 3.8) is 0 Å². The van der Waals surface area contributed by atoms with Gasteiger partial charge in [0.1, 0.15) is 12.4 Å². The smallest absolute Gasteiger partial charge is 0.255 e. The van der Waals surface area contributed by atoms with Crippen LogP contribution in [0.3, 0.4) is 0 Å². The van der Waals surface area contributed by atoms with Crippen molar-refractivity contribution in [1.29, 1.82) is 0 Å². The maximum atomic E-state index is 12.4. The third-order valence-electron chi connectivity index (χ3n) is 4.41. The Bertz CT molecular complexity index is 770. The van der Waals surface area contributed by atoms with Crippen LogP contribution in [-0.4, -0.2) is 25.2 Å². The van der Waals surface area contributed by atoms with Crippen LogP contribution in [0.1, 0.15) is 34.3 Å². The van der Waals surface area contributed by atoms with Gasteiger partial charge in [0.25, 0.3) is 5.91 Å². The van der Waals surface area contributed by atoms with Crippen LogP contribution < -0.4 is 10.1 Å². The average Bonchev–Trinajstić information content (AvgIpc) is 3.10. The first-order chi connectivity index (χ1) is 12.0. The molecular weight excluding hydrogens is 382 g/mol. The highest BCUT2D eigenvalue weighted by Crippen LogP contribution is 2.27. The molecule has 0 saturated carbocycles. The number of rotatable bonds is 5. The van der Waals surface area contributed by atoms with Crippen LogP contribution in [0, 0.1) is 13.8 Å². The van der Waals surface area contributed by atoms with Crippen LogP contribution in [0.4, 0.5) is 5.69 Å². The van der Waals surface area contributed by atoms with Crippen LogP contribution >= 0.6 is 15.9 Å². The van der Waals surface area contributed by atoms with Crippen LogP contribution in [0.2, 0.25) is 0 Å². The number of carbonyl (C=O) groups is 1. The molecule has 0 spiro atoms. The number of amides is 1. The fourth-order valence-corrected chi connectivity index (χ4v) is 3.23. The summed E-state index contributed by atoms with van der Waals surface area (Å²) in [6, 6.07) is 11.3. The van der Waals surface area contributed by atoms with E-state index in [1.54, 1.807) is 12.1 Å². The largest absolute Gasteiger partial charge is 0.490 e. The van der Waals surface area contributed by atoms with Crippen molar-refractivity contribution in [2.45, 2.75) is 32.8 Å². The minimum Gasteiger partial charge on any atom is -0.490 e. The van der Waals surface area contributed by atoms with E-state index in [-0.39, 0.29) is 12.0 Å². The molecule has 4 nitrogen and oxygen atoms in total. The number of anilines is 1. The molecule has 0 aliphatic carbocycles. The predicted molar refractivity (Wildman–Crippen MR) is 102 cm³/mol. The summed E-state index contributed by atoms with van der Waals surface area (Å²) in [5, 5.41) is 2.93. The molecule has 1 heterocycles. The summed E-state index contributed by atoms with van der Waals surface area (Å²) < 4.78 is 12.1. The standard InChI is InChI=1S/C20H22BrNO3/c1-13-5-7-16(10-14(13)2)22-20(23)15-6-8-19(18(21)11-15)25-12-17-4-3-9-24-17/h5-8,10-11,17H,3-4,9,12H2,1-2H3,(H,22,23). The summed E-state index contributed by atoms with van der Waals surface area (Å²) in [5.41, 5.74) is 3.72. The van der Waals surface area contributed by atoms with Gasteiger partial charge in [-0.2, -0.15) is 0 Å². The average molecular weight is 404 g/mol. The molecule has 2 aromatic rings. The zero-order valence-corrected chi connectivity index (χ0v) is 16.1. The number of hydrogen-bond donors (Lipinski definition) is 1. The zero-order valence-electron chi connectivity index (χ0n) is 14.5. The highest BCUT2D eigenvalue weighted by molar-refractivity contribution is 9.10. The molecule has 1 amide bonds. The molecule has 0 aromatic heterocycles. The highest BCUT2D eigenvalue weighted by Gasteiger charge is 2.17. The molecule has 1 aliphatic rings. The van der Waals surface area contributed by atoms with Crippen molar-refractivity contribution in [3.8, 4) is 5.75 Å². The first kappa shape index (κ1) is 18.0. The minimum atomic E-state index is -0.144. The monoisotopic (exact) mass is 403 g/mol. The maximum Gasteiger partial charge on any atom is 0.255 e. The molecule has 0 radical (unpaired) electrons. The van der Waals surface area contributed by atoms with E-state index in [9.17, 15) is 4.79 Å². The van der Waals surface area contributed by atoms with E-state index in [0.717, 1.165) is 40.9 Å². The number of aryl methyl sites for hydroxylation is 2. The summed E-state index contributed by atoms with van der Waals surface area (Å²) in [6.45, 7) is 5.43. The van der Waals surface area contributed by atoms with Crippen molar-refractivity contribution in [1.82, 2.24) is 0 Å². The quantitative estimate of drug-likeness (QED) is 0.773. The number of carbonyl (C=O) groups excluding carboxylic acids is 1. The van der Waals surface area contributed by atoms with E-state index < -0.39 is 0 Å². The van der Waals surface area contributed by atoms with Gasteiger partial charge in [-0.3, -0.25) is 4.79 Å². The number of benzene rings is 2. The van der Waals surface area contributed by atoms with Crippen LogP contribution in [0.25, 0.3) is 0 Å². The second-order valence-corrected chi connectivity index (χ2v) is 7.20. The number of halogens is 1. The molecule has 1 aliphatic heterocycles. The molecule has 1 N–H and O–H groups in total. The Labute approximate surface area is 156 Å². The minimum absolute atomic E-state index is 0.144. The van der Waals surface area contributed by atoms with E-state index >= 15 is 0 Å². The maximum absolute atomic E-state index is 12.4. The molecule has 1 unspecified atom stereocenters. The van der Waals surface area contributed by atoms with E-state index in [0.29, 0.717) is 12.2 Å². The molecule has 2 aromatic carbocycles. The third kappa shape index (κ3) is 4.61. The molecular formula is C20H22BrNO3. The molecule has 25 heavy (non-hydrogen) atoms. The second-order valence-electron chi connectivity index (χ2n) is 6.34. The molecule has 1 atom stereocenters. The molecule has 1 saturated heterocycles. The molecule has 1 fully saturated rings. The lowest BCUT2D eigenvalue weighted by Crippen LogP contribution is -2.16. The summed E-state index contributed by atoms with van der Waals surface area (Å²) >= 11 is 3.49. The van der Waals surface area contributed by atoms with Crippen molar-refractivity contribution in [2.75, 3.05) is 18.5 Å². The van der Waals surface area contributed by atoms with Gasteiger partial charge in [-0.15, -0.1) is 0 Å². The van der Waals surface area contributed by atoms with Crippen LogP contribution in [-0.2, 0) is 4.74 Å². The van der Waals surface area contributed by atoms with Crippen molar-refractivity contribution < 1.29 is 14.3 Å². The summed E-state index contributed by atoms with van der Waals surface area (Å²) in [4.78, 5) is 12.4. The lowest BCUT2D eigenvalue weighted by Gasteiger charge is -2.13.